The van der Waals surface area contributed by atoms with Gasteiger partial charge in [0.15, 0.2) is 0 Å². The molecular formula is C8H11NO3. The molecule has 0 aliphatic carbocycles. The second kappa shape index (κ2) is 6.72. The van der Waals surface area contributed by atoms with E-state index in [9.17, 15) is 0 Å². The summed E-state index contributed by atoms with van der Waals surface area (Å²) in [6.45, 7) is 1.31. The van der Waals surface area contributed by atoms with E-state index in [-0.39, 0.29) is 0 Å². The Balaban J connectivity index is 0.000000120. The molecule has 4 nitrogen and oxygen atoms in total. The highest BCUT2D eigenvalue weighted by molar-refractivity contribution is 4.88. The van der Waals surface area contributed by atoms with Gasteiger partial charge in [0.25, 0.3) is 0 Å². The quantitative estimate of drug-likeness (QED) is 0.550. The maximum Gasteiger partial charge on any atom is 0.0877 e. The molecule has 0 bridgehead atoms. The van der Waals surface area contributed by atoms with Crippen LogP contribution < -0.4 is 0 Å². The fraction of sp³-hybridized carbons (Fsp3) is 0.375. The molecule has 1 aliphatic rings. The lowest BCUT2D eigenvalue weighted by molar-refractivity contribution is -0.532. The Hall–Kier alpha value is -0.970. The van der Waals surface area contributed by atoms with Gasteiger partial charge in [0.1, 0.15) is 0 Å². The second-order valence-electron chi connectivity index (χ2n) is 2.09. The van der Waals surface area contributed by atoms with Crippen molar-refractivity contribution in [2.24, 2.45) is 0 Å². The van der Waals surface area contributed by atoms with Crippen molar-refractivity contribution in [3.8, 4) is 0 Å². The predicted octanol–water partition coefficient (Wildman–Crippen LogP) is 1.35. The minimum Gasteiger partial charge on any atom is -0.265 e. The summed E-state index contributed by atoms with van der Waals surface area (Å²) in [5.74, 6) is 0. The van der Waals surface area contributed by atoms with E-state index >= 15 is 0 Å². The van der Waals surface area contributed by atoms with E-state index in [0.29, 0.717) is 13.2 Å². The molecule has 1 saturated heterocycles. The summed E-state index contributed by atoms with van der Waals surface area (Å²) in [5, 5.41) is 4.07. The van der Waals surface area contributed by atoms with Crippen LogP contribution in [0.25, 0.3) is 0 Å². The molecular weight excluding hydrogens is 158 g/mol. The van der Waals surface area contributed by atoms with Crippen LogP contribution in [0, 0.1) is 0 Å². The Labute approximate surface area is 70.9 Å². The average Bonchev–Trinajstić information content (AvgIpc) is 2.24. The summed E-state index contributed by atoms with van der Waals surface area (Å²) < 4.78 is 0. The SMILES string of the molecule is C1COOOC1.c1ccncc1. The molecule has 0 amide bonds. The van der Waals surface area contributed by atoms with Crippen molar-refractivity contribution in [1.82, 2.24) is 4.98 Å². The zero-order valence-corrected chi connectivity index (χ0v) is 6.68. The molecule has 2 rings (SSSR count). The first-order valence-electron chi connectivity index (χ1n) is 3.76. The van der Waals surface area contributed by atoms with E-state index in [4.69, 9.17) is 0 Å². The molecule has 1 aliphatic heterocycles. The van der Waals surface area contributed by atoms with Crippen molar-refractivity contribution in [3.63, 3.8) is 0 Å². The third kappa shape index (κ3) is 4.79. The number of pyridine rings is 1. The van der Waals surface area contributed by atoms with Gasteiger partial charge in [-0.25, -0.2) is 9.78 Å². The molecule has 0 unspecified atom stereocenters. The van der Waals surface area contributed by atoms with E-state index in [1.54, 1.807) is 12.4 Å². The van der Waals surface area contributed by atoms with Gasteiger partial charge in [0.05, 0.1) is 13.2 Å². The highest BCUT2D eigenvalue weighted by atomic mass is 17.5. The van der Waals surface area contributed by atoms with Gasteiger partial charge in [0.2, 0.25) is 0 Å². The van der Waals surface area contributed by atoms with Crippen LogP contribution in [0.2, 0.25) is 0 Å². The van der Waals surface area contributed by atoms with Gasteiger partial charge in [0, 0.05) is 18.8 Å². The van der Waals surface area contributed by atoms with E-state index in [0.717, 1.165) is 6.42 Å². The maximum atomic E-state index is 4.35. The number of hydrogen-bond acceptors (Lipinski definition) is 4. The molecule has 1 aromatic rings. The number of nitrogens with zero attached hydrogens (tertiary/aromatic N) is 1. The first-order valence-corrected chi connectivity index (χ1v) is 3.76. The predicted molar refractivity (Wildman–Crippen MR) is 41.8 cm³/mol. The highest BCUT2D eigenvalue weighted by Gasteiger charge is 1.96. The molecule has 4 heteroatoms. The molecule has 0 radical (unpaired) electrons. The molecule has 2 heterocycles. The number of rotatable bonds is 0. The molecule has 12 heavy (non-hydrogen) atoms. The van der Waals surface area contributed by atoms with Crippen molar-refractivity contribution in [3.05, 3.63) is 30.6 Å². The topological polar surface area (TPSA) is 40.6 Å². The Morgan fingerprint density at radius 2 is 1.58 bits per heavy atom. The van der Waals surface area contributed by atoms with Crippen molar-refractivity contribution >= 4 is 0 Å². The van der Waals surface area contributed by atoms with Crippen molar-refractivity contribution in [2.75, 3.05) is 13.2 Å². The Kier molecular flexibility index (Phi) is 5.11. The Morgan fingerprint density at radius 1 is 0.917 bits per heavy atom. The second-order valence-corrected chi connectivity index (χ2v) is 2.09. The summed E-state index contributed by atoms with van der Waals surface area (Å²) in [7, 11) is 0. The zero-order valence-electron chi connectivity index (χ0n) is 6.68. The summed E-state index contributed by atoms with van der Waals surface area (Å²) >= 11 is 0. The van der Waals surface area contributed by atoms with Gasteiger partial charge in [-0.15, -0.1) is 0 Å². The number of aromatic nitrogens is 1. The Morgan fingerprint density at radius 3 is 1.75 bits per heavy atom. The van der Waals surface area contributed by atoms with Crippen molar-refractivity contribution < 1.29 is 14.8 Å². The highest BCUT2D eigenvalue weighted by Crippen LogP contribution is 1.93. The summed E-state index contributed by atoms with van der Waals surface area (Å²) in [6.07, 6.45) is 4.43. The van der Waals surface area contributed by atoms with Crippen LogP contribution in [0.4, 0.5) is 0 Å². The van der Waals surface area contributed by atoms with E-state index in [2.05, 4.69) is 19.8 Å². The van der Waals surface area contributed by atoms with Gasteiger partial charge in [-0.2, -0.15) is 0 Å². The van der Waals surface area contributed by atoms with Gasteiger partial charge in [-0.1, -0.05) is 11.1 Å². The third-order valence-electron chi connectivity index (χ3n) is 1.12. The van der Waals surface area contributed by atoms with Crippen molar-refractivity contribution in [1.29, 1.82) is 0 Å². The van der Waals surface area contributed by atoms with E-state index in [1.807, 2.05) is 18.2 Å². The molecule has 0 N–H and O–H groups in total. The molecule has 1 aromatic heterocycles. The lowest BCUT2D eigenvalue weighted by Gasteiger charge is -2.06. The third-order valence-corrected chi connectivity index (χ3v) is 1.12. The standard InChI is InChI=1S/C5H5N.C3H6O3/c2*1-2-4-6-5-3-1/h1-5H;1-3H2. The minimum absolute atomic E-state index is 0.653. The molecule has 66 valence electrons. The molecule has 0 spiro atoms. The van der Waals surface area contributed by atoms with Gasteiger partial charge < -0.3 is 0 Å². The fourth-order valence-electron chi connectivity index (χ4n) is 0.591. The normalized spacial score (nSPS) is 16.0. The van der Waals surface area contributed by atoms with Gasteiger partial charge in [-0.05, 0) is 12.1 Å². The van der Waals surface area contributed by atoms with Crippen LogP contribution in [0.5, 0.6) is 0 Å². The molecule has 1 fully saturated rings. The zero-order chi connectivity index (χ0) is 8.49. The molecule has 0 atom stereocenters. The maximum absolute atomic E-state index is 4.35. The van der Waals surface area contributed by atoms with Crippen LogP contribution >= 0.6 is 0 Å². The number of hydrogen-bond donors (Lipinski definition) is 0. The summed E-state index contributed by atoms with van der Waals surface area (Å²) in [5.41, 5.74) is 0. The van der Waals surface area contributed by atoms with Crippen LogP contribution in [-0.4, -0.2) is 18.2 Å². The largest absolute Gasteiger partial charge is 0.265 e. The van der Waals surface area contributed by atoms with Crippen LogP contribution in [0.1, 0.15) is 6.42 Å². The van der Waals surface area contributed by atoms with Gasteiger partial charge in [-0.3, -0.25) is 4.98 Å². The summed E-state index contributed by atoms with van der Waals surface area (Å²) in [4.78, 5) is 12.5. The van der Waals surface area contributed by atoms with Crippen LogP contribution in [0.3, 0.4) is 0 Å². The monoisotopic (exact) mass is 169 g/mol. The summed E-state index contributed by atoms with van der Waals surface area (Å²) in [6, 6.07) is 5.72. The molecule has 0 saturated carbocycles. The smallest absolute Gasteiger partial charge is 0.0877 e. The van der Waals surface area contributed by atoms with E-state index < -0.39 is 0 Å². The first kappa shape index (κ1) is 9.12. The fourth-order valence-corrected chi connectivity index (χ4v) is 0.591. The average molecular weight is 169 g/mol. The lowest BCUT2D eigenvalue weighted by atomic mass is 10.5. The van der Waals surface area contributed by atoms with Crippen molar-refractivity contribution in [2.45, 2.75) is 6.42 Å². The van der Waals surface area contributed by atoms with Crippen LogP contribution in [-0.2, 0) is 14.8 Å². The minimum atomic E-state index is 0.653. The van der Waals surface area contributed by atoms with Gasteiger partial charge >= 0.3 is 0 Å². The first-order chi connectivity index (χ1) is 6.00. The van der Waals surface area contributed by atoms with Crippen LogP contribution in [0.15, 0.2) is 30.6 Å². The lowest BCUT2D eigenvalue weighted by Crippen LogP contribution is -2.08. The molecule has 0 aromatic carbocycles. The Bertz CT molecular complexity index is 139. The van der Waals surface area contributed by atoms with E-state index in [1.165, 1.54) is 0 Å².